The van der Waals surface area contributed by atoms with Gasteiger partial charge in [-0.25, -0.2) is 4.98 Å². The average molecular weight is 317 g/mol. The number of hydrogen-bond acceptors (Lipinski definition) is 5. The molecule has 0 aliphatic carbocycles. The molecule has 1 saturated heterocycles. The number of amides is 1. The van der Waals surface area contributed by atoms with Crippen LogP contribution in [0, 0.1) is 0 Å². The number of carbonyl (C=O) groups is 1. The number of piperidine rings is 1. The molecule has 3 heterocycles. The molecule has 2 aromatic heterocycles. The maximum Gasteiger partial charge on any atom is 0.245 e. The standard InChI is InChI=1S/C16H23N5O2/c1-11(2)15-18-14(19-23-15)13-5-4-7-20(9-13)16(22)12(3)21-8-6-17-10-21/h6,8,10-13H,4-5,7,9H2,1-3H3/t12-,13-/m0/s1. The first-order valence-corrected chi connectivity index (χ1v) is 8.16. The number of nitrogens with zero attached hydrogens (tertiary/aromatic N) is 5. The van der Waals surface area contributed by atoms with E-state index < -0.39 is 0 Å². The second-order valence-electron chi connectivity index (χ2n) is 6.45. The van der Waals surface area contributed by atoms with Gasteiger partial charge in [-0.3, -0.25) is 4.79 Å². The zero-order chi connectivity index (χ0) is 16.4. The van der Waals surface area contributed by atoms with E-state index in [0.717, 1.165) is 25.2 Å². The number of aromatic nitrogens is 4. The van der Waals surface area contributed by atoms with Gasteiger partial charge in [-0.15, -0.1) is 0 Å². The summed E-state index contributed by atoms with van der Waals surface area (Å²) >= 11 is 0. The largest absolute Gasteiger partial charge is 0.340 e. The molecule has 3 rings (SSSR count). The Labute approximate surface area is 135 Å². The zero-order valence-electron chi connectivity index (χ0n) is 13.8. The summed E-state index contributed by atoms with van der Waals surface area (Å²) in [6.07, 6.45) is 7.13. The topological polar surface area (TPSA) is 77.1 Å². The fourth-order valence-electron chi connectivity index (χ4n) is 2.93. The van der Waals surface area contributed by atoms with Crippen molar-refractivity contribution in [1.29, 1.82) is 0 Å². The van der Waals surface area contributed by atoms with Crippen molar-refractivity contribution >= 4 is 5.91 Å². The van der Waals surface area contributed by atoms with Crippen LogP contribution in [0.1, 0.15) is 63.2 Å². The molecule has 0 aromatic carbocycles. The molecule has 0 unspecified atom stereocenters. The van der Waals surface area contributed by atoms with Crippen LogP contribution in [0.15, 0.2) is 23.2 Å². The summed E-state index contributed by atoms with van der Waals surface area (Å²) in [5.41, 5.74) is 0. The second kappa shape index (κ2) is 6.52. The van der Waals surface area contributed by atoms with Gasteiger partial charge in [-0.05, 0) is 19.8 Å². The van der Waals surface area contributed by atoms with Crippen molar-refractivity contribution in [3.05, 3.63) is 30.4 Å². The van der Waals surface area contributed by atoms with Crippen molar-refractivity contribution in [1.82, 2.24) is 24.6 Å². The summed E-state index contributed by atoms with van der Waals surface area (Å²) in [5, 5.41) is 4.11. The molecule has 1 fully saturated rings. The first kappa shape index (κ1) is 15.7. The van der Waals surface area contributed by atoms with Gasteiger partial charge in [0.25, 0.3) is 0 Å². The molecule has 1 amide bonds. The minimum atomic E-state index is -0.243. The molecule has 0 saturated carbocycles. The summed E-state index contributed by atoms with van der Waals surface area (Å²) in [7, 11) is 0. The van der Waals surface area contributed by atoms with Crippen LogP contribution in [0.4, 0.5) is 0 Å². The van der Waals surface area contributed by atoms with E-state index >= 15 is 0 Å². The predicted octanol–water partition coefficient (Wildman–Crippen LogP) is 2.36. The Hall–Kier alpha value is -2.18. The Balaban J connectivity index is 1.69. The summed E-state index contributed by atoms with van der Waals surface area (Å²) in [5.74, 6) is 1.87. The van der Waals surface area contributed by atoms with Gasteiger partial charge in [0, 0.05) is 37.3 Å². The van der Waals surface area contributed by atoms with Gasteiger partial charge in [-0.1, -0.05) is 19.0 Å². The van der Waals surface area contributed by atoms with E-state index in [2.05, 4.69) is 15.1 Å². The van der Waals surface area contributed by atoms with Gasteiger partial charge in [0.2, 0.25) is 11.8 Å². The Morgan fingerprint density at radius 1 is 1.39 bits per heavy atom. The lowest BCUT2D eigenvalue weighted by Crippen LogP contribution is -2.42. The number of rotatable bonds is 4. The first-order valence-electron chi connectivity index (χ1n) is 8.16. The van der Waals surface area contributed by atoms with E-state index in [4.69, 9.17) is 4.52 Å². The second-order valence-corrected chi connectivity index (χ2v) is 6.45. The summed E-state index contributed by atoms with van der Waals surface area (Å²) in [6.45, 7) is 7.39. The van der Waals surface area contributed by atoms with Gasteiger partial charge >= 0.3 is 0 Å². The molecule has 23 heavy (non-hydrogen) atoms. The molecule has 7 heteroatoms. The number of carbonyl (C=O) groups excluding carboxylic acids is 1. The van der Waals surface area contributed by atoms with E-state index in [1.165, 1.54) is 0 Å². The fourth-order valence-corrected chi connectivity index (χ4v) is 2.93. The summed E-state index contributed by atoms with van der Waals surface area (Å²) < 4.78 is 7.13. The normalized spacial score (nSPS) is 20.0. The average Bonchev–Trinajstić information content (AvgIpc) is 3.25. The monoisotopic (exact) mass is 317 g/mol. The Bertz CT molecular complexity index is 649. The maximum absolute atomic E-state index is 12.7. The van der Waals surface area contributed by atoms with Crippen LogP contribution in [0.25, 0.3) is 0 Å². The summed E-state index contributed by atoms with van der Waals surface area (Å²) in [6, 6.07) is -0.243. The number of likely N-dealkylation sites (tertiary alicyclic amines) is 1. The lowest BCUT2D eigenvalue weighted by molar-refractivity contribution is -0.135. The number of imidazole rings is 1. The molecular weight excluding hydrogens is 294 g/mol. The molecule has 124 valence electrons. The minimum Gasteiger partial charge on any atom is -0.340 e. The predicted molar refractivity (Wildman–Crippen MR) is 83.9 cm³/mol. The van der Waals surface area contributed by atoms with E-state index in [1.807, 2.05) is 36.4 Å². The van der Waals surface area contributed by atoms with Crippen LogP contribution in [0.5, 0.6) is 0 Å². The molecular formula is C16H23N5O2. The highest BCUT2D eigenvalue weighted by Crippen LogP contribution is 2.27. The van der Waals surface area contributed by atoms with Crippen LogP contribution < -0.4 is 0 Å². The van der Waals surface area contributed by atoms with Gasteiger partial charge in [0.05, 0.1) is 6.33 Å². The van der Waals surface area contributed by atoms with Crippen molar-refractivity contribution in [3.63, 3.8) is 0 Å². The molecule has 0 N–H and O–H groups in total. The van der Waals surface area contributed by atoms with E-state index in [1.54, 1.807) is 12.5 Å². The third-order valence-electron chi connectivity index (χ3n) is 4.38. The van der Waals surface area contributed by atoms with Crippen LogP contribution in [0.3, 0.4) is 0 Å². The van der Waals surface area contributed by atoms with Crippen molar-refractivity contribution in [2.24, 2.45) is 0 Å². The van der Waals surface area contributed by atoms with E-state index in [0.29, 0.717) is 12.4 Å². The molecule has 0 spiro atoms. The summed E-state index contributed by atoms with van der Waals surface area (Å²) in [4.78, 5) is 23.1. The molecule has 0 radical (unpaired) electrons. The highest BCUT2D eigenvalue weighted by atomic mass is 16.5. The Morgan fingerprint density at radius 3 is 2.87 bits per heavy atom. The molecule has 1 aliphatic heterocycles. The third kappa shape index (κ3) is 3.28. The molecule has 1 aliphatic rings. The highest BCUT2D eigenvalue weighted by molar-refractivity contribution is 5.80. The Kier molecular flexibility index (Phi) is 4.45. The lowest BCUT2D eigenvalue weighted by Gasteiger charge is -2.33. The quantitative estimate of drug-likeness (QED) is 0.865. The zero-order valence-corrected chi connectivity index (χ0v) is 13.8. The maximum atomic E-state index is 12.7. The molecule has 0 bridgehead atoms. The SMILES string of the molecule is CC(C)c1nc([C@H]2CCCN(C(=O)[C@H](C)n3ccnc3)C2)no1. The smallest absolute Gasteiger partial charge is 0.245 e. The molecule has 2 atom stereocenters. The molecule has 7 nitrogen and oxygen atoms in total. The van der Waals surface area contributed by atoms with Gasteiger partial charge in [0.15, 0.2) is 5.82 Å². The van der Waals surface area contributed by atoms with Crippen LogP contribution in [-0.2, 0) is 4.79 Å². The van der Waals surface area contributed by atoms with Crippen molar-refractivity contribution in [3.8, 4) is 0 Å². The van der Waals surface area contributed by atoms with Gasteiger partial charge in [0.1, 0.15) is 6.04 Å². The number of hydrogen-bond donors (Lipinski definition) is 0. The van der Waals surface area contributed by atoms with Crippen molar-refractivity contribution in [2.75, 3.05) is 13.1 Å². The van der Waals surface area contributed by atoms with Crippen LogP contribution >= 0.6 is 0 Å². The van der Waals surface area contributed by atoms with Crippen molar-refractivity contribution in [2.45, 2.75) is 51.5 Å². The minimum absolute atomic E-state index is 0.111. The molecule has 2 aromatic rings. The van der Waals surface area contributed by atoms with E-state index in [9.17, 15) is 4.79 Å². The highest BCUT2D eigenvalue weighted by Gasteiger charge is 2.30. The van der Waals surface area contributed by atoms with Crippen LogP contribution in [0.2, 0.25) is 0 Å². The van der Waals surface area contributed by atoms with E-state index in [-0.39, 0.29) is 23.8 Å². The Morgan fingerprint density at radius 2 is 2.22 bits per heavy atom. The van der Waals surface area contributed by atoms with Crippen LogP contribution in [-0.4, -0.2) is 43.6 Å². The third-order valence-corrected chi connectivity index (χ3v) is 4.38. The van der Waals surface area contributed by atoms with Gasteiger partial charge in [-0.2, -0.15) is 4.98 Å². The lowest BCUT2D eigenvalue weighted by atomic mass is 9.97. The van der Waals surface area contributed by atoms with Gasteiger partial charge < -0.3 is 14.0 Å². The van der Waals surface area contributed by atoms with Crippen molar-refractivity contribution < 1.29 is 9.32 Å². The fraction of sp³-hybridized carbons (Fsp3) is 0.625. The first-order chi connectivity index (χ1) is 11.1.